The molecule has 2 atom stereocenters. The molecule has 9 nitrogen and oxygen atoms in total. The third kappa shape index (κ3) is 4.44. The number of thiocarbonyl (C=S) groups is 1. The lowest BCUT2D eigenvalue weighted by molar-refractivity contribution is -0.116. The third-order valence-electron chi connectivity index (χ3n) is 6.32. The molecule has 1 amide bonds. The molecule has 1 aromatic carbocycles. The molecule has 11 heteroatoms. The predicted octanol–water partition coefficient (Wildman–Crippen LogP) is 3.54. The van der Waals surface area contributed by atoms with Crippen LogP contribution in [0.5, 0.6) is 0 Å². The van der Waals surface area contributed by atoms with E-state index >= 15 is 0 Å². The lowest BCUT2D eigenvalue weighted by Gasteiger charge is -2.28. The Morgan fingerprint density at radius 3 is 2.61 bits per heavy atom. The number of benzene rings is 1. The smallest absolute Gasteiger partial charge is 0.226 e. The van der Waals surface area contributed by atoms with E-state index in [9.17, 15) is 9.18 Å². The van der Waals surface area contributed by atoms with Crippen molar-refractivity contribution in [3.8, 4) is 0 Å². The average molecular weight is 505 g/mol. The molecule has 2 N–H and O–H groups in total. The van der Waals surface area contributed by atoms with Crippen LogP contribution in [0.2, 0.25) is 0 Å². The minimum Gasteiger partial charge on any atom is -0.352 e. The molecule has 4 aromatic rings. The number of aryl methyl sites for hydroxylation is 1. The molecule has 1 fully saturated rings. The first kappa shape index (κ1) is 23.6. The van der Waals surface area contributed by atoms with E-state index in [1.807, 2.05) is 46.3 Å². The van der Waals surface area contributed by atoms with Crippen LogP contribution in [0.4, 0.5) is 10.1 Å². The SMILES string of the molecule is Cc1cc([C@@H]2[C@H](c3ccccn3)NC(=S)N2CCC(=O)Nc2ccccc2F)c(C)n1-n1cnnc1. The minimum absolute atomic E-state index is 0.131. The van der Waals surface area contributed by atoms with Gasteiger partial charge in [0, 0.05) is 36.1 Å². The molecule has 3 aromatic heterocycles. The molecule has 36 heavy (non-hydrogen) atoms. The third-order valence-corrected chi connectivity index (χ3v) is 6.67. The highest BCUT2D eigenvalue weighted by Gasteiger charge is 2.41. The first-order valence-corrected chi connectivity index (χ1v) is 11.9. The van der Waals surface area contributed by atoms with Gasteiger partial charge < -0.3 is 15.5 Å². The number of carbonyl (C=O) groups excluding carboxylic acids is 1. The summed E-state index contributed by atoms with van der Waals surface area (Å²) in [5, 5.41) is 14.5. The fourth-order valence-corrected chi connectivity index (χ4v) is 5.04. The van der Waals surface area contributed by atoms with Crippen LogP contribution in [0.1, 0.15) is 41.1 Å². The Bertz CT molecular complexity index is 1390. The summed E-state index contributed by atoms with van der Waals surface area (Å²) in [7, 11) is 0. The van der Waals surface area contributed by atoms with Crippen molar-refractivity contribution in [1.82, 2.24) is 34.8 Å². The molecule has 1 saturated heterocycles. The monoisotopic (exact) mass is 504 g/mol. The lowest BCUT2D eigenvalue weighted by atomic mass is 9.96. The maximum atomic E-state index is 14.0. The summed E-state index contributed by atoms with van der Waals surface area (Å²) in [5.41, 5.74) is 4.03. The predicted molar refractivity (Wildman–Crippen MR) is 137 cm³/mol. The van der Waals surface area contributed by atoms with Gasteiger partial charge >= 0.3 is 0 Å². The van der Waals surface area contributed by atoms with Gasteiger partial charge in [-0.05, 0) is 56.4 Å². The number of aromatic nitrogens is 5. The Morgan fingerprint density at radius 2 is 1.89 bits per heavy atom. The van der Waals surface area contributed by atoms with Crippen molar-refractivity contribution in [2.45, 2.75) is 32.4 Å². The van der Waals surface area contributed by atoms with Gasteiger partial charge in [-0.25, -0.2) is 9.07 Å². The summed E-state index contributed by atoms with van der Waals surface area (Å²) in [5.74, 6) is -0.767. The molecule has 0 saturated carbocycles. The number of amides is 1. The van der Waals surface area contributed by atoms with E-state index in [2.05, 4.69) is 31.9 Å². The van der Waals surface area contributed by atoms with Crippen molar-refractivity contribution in [2.24, 2.45) is 0 Å². The van der Waals surface area contributed by atoms with E-state index in [1.54, 1.807) is 31.0 Å². The van der Waals surface area contributed by atoms with Crippen LogP contribution in [0, 0.1) is 19.7 Å². The van der Waals surface area contributed by atoms with Crippen LogP contribution < -0.4 is 10.6 Å². The van der Waals surface area contributed by atoms with E-state index in [0.717, 1.165) is 22.6 Å². The topological polar surface area (TPSA) is 92.9 Å². The molecule has 1 aliphatic rings. The normalized spacial score (nSPS) is 17.3. The highest BCUT2D eigenvalue weighted by molar-refractivity contribution is 7.80. The van der Waals surface area contributed by atoms with Crippen LogP contribution in [-0.2, 0) is 4.79 Å². The quantitative estimate of drug-likeness (QED) is 0.372. The zero-order valence-electron chi connectivity index (χ0n) is 19.8. The highest BCUT2D eigenvalue weighted by atomic mass is 32.1. The Balaban J connectivity index is 1.46. The zero-order chi connectivity index (χ0) is 25.2. The maximum Gasteiger partial charge on any atom is 0.226 e. The fraction of sp³-hybridized carbons (Fsp3) is 0.240. The Hall–Kier alpha value is -4.12. The van der Waals surface area contributed by atoms with E-state index in [1.165, 1.54) is 12.1 Å². The van der Waals surface area contributed by atoms with Crippen molar-refractivity contribution in [3.05, 3.63) is 95.8 Å². The summed E-state index contributed by atoms with van der Waals surface area (Å²) in [6.07, 6.45) is 5.17. The van der Waals surface area contributed by atoms with Crippen molar-refractivity contribution < 1.29 is 9.18 Å². The van der Waals surface area contributed by atoms with Gasteiger partial charge in [-0.2, -0.15) is 0 Å². The number of anilines is 1. The van der Waals surface area contributed by atoms with Crippen LogP contribution >= 0.6 is 12.2 Å². The van der Waals surface area contributed by atoms with Crippen molar-refractivity contribution in [2.75, 3.05) is 11.9 Å². The zero-order valence-corrected chi connectivity index (χ0v) is 20.6. The van der Waals surface area contributed by atoms with Crippen molar-refractivity contribution >= 4 is 28.9 Å². The number of hydrogen-bond donors (Lipinski definition) is 2. The van der Waals surface area contributed by atoms with Gasteiger partial charge in [0.15, 0.2) is 5.11 Å². The molecular formula is C25H25FN8OS. The van der Waals surface area contributed by atoms with Crippen LogP contribution in [0.25, 0.3) is 0 Å². The van der Waals surface area contributed by atoms with Crippen molar-refractivity contribution in [1.29, 1.82) is 0 Å². The molecule has 184 valence electrons. The molecule has 0 radical (unpaired) electrons. The first-order valence-electron chi connectivity index (χ1n) is 11.5. The van der Waals surface area contributed by atoms with Gasteiger partial charge in [-0.15, -0.1) is 10.2 Å². The summed E-state index contributed by atoms with van der Waals surface area (Å²) < 4.78 is 17.8. The second-order valence-electron chi connectivity index (χ2n) is 8.58. The van der Waals surface area contributed by atoms with Gasteiger partial charge in [0.2, 0.25) is 5.91 Å². The molecule has 5 rings (SSSR count). The van der Waals surface area contributed by atoms with Crippen LogP contribution in [0.3, 0.4) is 0 Å². The van der Waals surface area contributed by atoms with E-state index in [0.29, 0.717) is 11.7 Å². The number of nitrogens with one attached hydrogen (secondary N) is 2. The summed E-state index contributed by atoms with van der Waals surface area (Å²) in [6, 6.07) is 13.5. The Morgan fingerprint density at radius 1 is 1.14 bits per heavy atom. The van der Waals surface area contributed by atoms with Gasteiger partial charge in [0.25, 0.3) is 0 Å². The summed E-state index contributed by atoms with van der Waals surface area (Å²) in [6.45, 7) is 4.39. The standard InChI is InChI=1S/C25H25FN8OS/c1-16-13-18(17(2)34(16)32-14-28-29-15-32)24-23(21-9-5-6-11-27-21)31-25(36)33(24)12-10-22(35)30-20-8-4-3-7-19(20)26/h3-9,11,13-15,23-24H,10,12H2,1-2H3,(H,30,35)(H,31,36)/t23-,24+/m0/s1. The minimum atomic E-state index is -0.473. The average Bonchev–Trinajstić information content (AvgIpc) is 3.58. The van der Waals surface area contributed by atoms with E-state index < -0.39 is 5.82 Å². The largest absolute Gasteiger partial charge is 0.352 e. The lowest BCUT2D eigenvalue weighted by Crippen LogP contribution is -2.33. The maximum absolute atomic E-state index is 14.0. The highest BCUT2D eigenvalue weighted by Crippen LogP contribution is 2.40. The summed E-state index contributed by atoms with van der Waals surface area (Å²) in [4.78, 5) is 19.3. The molecule has 4 heterocycles. The molecule has 0 unspecified atom stereocenters. The van der Waals surface area contributed by atoms with Gasteiger partial charge in [-0.1, -0.05) is 18.2 Å². The van der Waals surface area contributed by atoms with Gasteiger partial charge in [0.05, 0.1) is 23.5 Å². The molecule has 0 bridgehead atoms. The van der Waals surface area contributed by atoms with Crippen molar-refractivity contribution in [3.63, 3.8) is 0 Å². The van der Waals surface area contributed by atoms with E-state index in [4.69, 9.17) is 12.2 Å². The fourth-order valence-electron chi connectivity index (χ4n) is 4.71. The number of carbonyl (C=O) groups is 1. The Kier molecular flexibility index (Phi) is 6.47. The number of rotatable bonds is 7. The van der Waals surface area contributed by atoms with Gasteiger partial charge in [-0.3, -0.25) is 14.5 Å². The second kappa shape index (κ2) is 9.86. The molecular weight excluding hydrogens is 479 g/mol. The Labute approximate surface area is 212 Å². The number of para-hydroxylation sites is 1. The first-order chi connectivity index (χ1) is 17.4. The number of nitrogens with zero attached hydrogens (tertiary/aromatic N) is 6. The molecule has 1 aliphatic heterocycles. The van der Waals surface area contributed by atoms with Crippen LogP contribution in [-0.4, -0.2) is 47.0 Å². The summed E-state index contributed by atoms with van der Waals surface area (Å²) >= 11 is 5.72. The van der Waals surface area contributed by atoms with E-state index in [-0.39, 0.29) is 30.1 Å². The molecule has 0 spiro atoms. The van der Waals surface area contributed by atoms with Crippen LogP contribution in [0.15, 0.2) is 67.4 Å². The second-order valence-corrected chi connectivity index (χ2v) is 8.96. The number of pyridine rings is 1. The number of halogens is 1. The molecule has 0 aliphatic carbocycles. The number of hydrogen-bond acceptors (Lipinski definition) is 5. The van der Waals surface area contributed by atoms with Gasteiger partial charge in [0.1, 0.15) is 18.5 Å².